The topological polar surface area (TPSA) is 65.4 Å². The number of carbonyl (C=O) groups excluding carboxylic acids is 1. The zero-order valence-electron chi connectivity index (χ0n) is 14.4. The molecule has 0 saturated carbocycles. The van der Waals surface area contributed by atoms with Crippen molar-refractivity contribution in [2.75, 3.05) is 25.0 Å². The molecule has 1 N–H and O–H groups in total. The van der Waals surface area contributed by atoms with Crippen LogP contribution in [0.15, 0.2) is 18.2 Å². The Labute approximate surface area is 142 Å². The molecule has 1 heterocycles. The summed E-state index contributed by atoms with van der Waals surface area (Å²) in [6.07, 6.45) is 1.66. The van der Waals surface area contributed by atoms with E-state index in [9.17, 15) is 9.18 Å². The van der Waals surface area contributed by atoms with Gasteiger partial charge in [-0.2, -0.15) is 5.26 Å². The molecule has 1 amide bonds. The molecule has 1 saturated heterocycles. The highest BCUT2D eigenvalue weighted by molar-refractivity contribution is 5.68. The van der Waals surface area contributed by atoms with E-state index in [1.807, 2.05) is 26.8 Å². The van der Waals surface area contributed by atoms with E-state index in [1.54, 1.807) is 11.0 Å². The predicted molar refractivity (Wildman–Crippen MR) is 90.1 cm³/mol. The zero-order valence-corrected chi connectivity index (χ0v) is 14.4. The number of hydrogen-bond donors (Lipinski definition) is 1. The van der Waals surface area contributed by atoms with Crippen molar-refractivity contribution in [1.29, 1.82) is 5.26 Å². The third-order valence-electron chi connectivity index (χ3n) is 3.85. The first-order valence-electron chi connectivity index (χ1n) is 8.20. The summed E-state index contributed by atoms with van der Waals surface area (Å²) in [5.74, 6) is -0.223. The molecular weight excluding hydrogens is 309 g/mol. The lowest BCUT2D eigenvalue weighted by molar-refractivity contribution is 0.0172. The minimum absolute atomic E-state index is 0.0269. The Morgan fingerprint density at radius 2 is 2.25 bits per heavy atom. The van der Waals surface area contributed by atoms with Crippen LogP contribution in [-0.2, 0) is 4.74 Å². The fourth-order valence-electron chi connectivity index (χ4n) is 2.71. The fourth-order valence-corrected chi connectivity index (χ4v) is 2.71. The standard InChI is InChI=1S/C18H24FN3O2/c1-18(2,3)24-17(23)22-8-4-5-13(12-22)11-21-15-6-7-16(19)14(9-15)10-20/h6-7,9,13,21H,4-5,8,11-12H2,1-3H3. The molecule has 0 bridgehead atoms. The van der Waals surface area contributed by atoms with Gasteiger partial charge in [-0.1, -0.05) is 0 Å². The highest BCUT2D eigenvalue weighted by atomic mass is 19.1. The van der Waals surface area contributed by atoms with Gasteiger partial charge in [0.25, 0.3) is 0 Å². The van der Waals surface area contributed by atoms with Gasteiger partial charge in [0.05, 0.1) is 5.56 Å². The van der Waals surface area contributed by atoms with Crippen molar-refractivity contribution in [3.63, 3.8) is 0 Å². The second-order valence-corrected chi connectivity index (χ2v) is 7.12. The molecule has 1 aliphatic heterocycles. The molecule has 5 nitrogen and oxygen atoms in total. The summed E-state index contributed by atoms with van der Waals surface area (Å²) >= 11 is 0. The van der Waals surface area contributed by atoms with Gasteiger partial charge in [0, 0.05) is 25.3 Å². The quantitative estimate of drug-likeness (QED) is 0.915. The van der Waals surface area contributed by atoms with E-state index in [-0.39, 0.29) is 11.7 Å². The first-order valence-corrected chi connectivity index (χ1v) is 8.20. The van der Waals surface area contributed by atoms with Crippen LogP contribution in [0.25, 0.3) is 0 Å². The second-order valence-electron chi connectivity index (χ2n) is 7.12. The van der Waals surface area contributed by atoms with Crippen molar-refractivity contribution in [3.8, 4) is 6.07 Å². The Bertz CT molecular complexity index is 634. The summed E-state index contributed by atoms with van der Waals surface area (Å²) in [6, 6.07) is 6.24. The molecule has 24 heavy (non-hydrogen) atoms. The van der Waals surface area contributed by atoms with Crippen LogP contribution in [0.2, 0.25) is 0 Å². The molecule has 2 rings (SSSR count). The normalized spacial score (nSPS) is 18.0. The number of piperidine rings is 1. The Balaban J connectivity index is 1.89. The molecule has 0 aromatic heterocycles. The molecule has 6 heteroatoms. The lowest BCUT2D eigenvalue weighted by Gasteiger charge is -2.34. The van der Waals surface area contributed by atoms with Gasteiger partial charge in [-0.05, 0) is 57.7 Å². The van der Waals surface area contributed by atoms with E-state index in [1.165, 1.54) is 12.1 Å². The van der Waals surface area contributed by atoms with Gasteiger partial charge in [-0.25, -0.2) is 9.18 Å². The number of benzene rings is 1. The number of amides is 1. The van der Waals surface area contributed by atoms with Crippen LogP contribution in [0, 0.1) is 23.1 Å². The number of likely N-dealkylation sites (tertiary alicyclic amines) is 1. The average Bonchev–Trinajstić information content (AvgIpc) is 2.53. The van der Waals surface area contributed by atoms with E-state index in [4.69, 9.17) is 10.00 Å². The zero-order chi connectivity index (χ0) is 17.7. The van der Waals surface area contributed by atoms with Gasteiger partial charge in [-0.3, -0.25) is 0 Å². The SMILES string of the molecule is CC(C)(C)OC(=O)N1CCCC(CNc2ccc(F)c(C#N)c2)C1. The first kappa shape index (κ1) is 18.1. The van der Waals surface area contributed by atoms with Crippen molar-refractivity contribution >= 4 is 11.8 Å². The lowest BCUT2D eigenvalue weighted by atomic mass is 9.98. The van der Waals surface area contributed by atoms with E-state index in [2.05, 4.69) is 5.32 Å². The van der Waals surface area contributed by atoms with Gasteiger partial charge >= 0.3 is 6.09 Å². The van der Waals surface area contributed by atoms with Gasteiger partial charge in [0.15, 0.2) is 0 Å². The van der Waals surface area contributed by atoms with Crippen molar-refractivity contribution in [3.05, 3.63) is 29.6 Å². The monoisotopic (exact) mass is 333 g/mol. The summed E-state index contributed by atoms with van der Waals surface area (Å²) in [5.41, 5.74) is 0.241. The smallest absolute Gasteiger partial charge is 0.410 e. The molecule has 1 fully saturated rings. The summed E-state index contributed by atoms with van der Waals surface area (Å²) in [5, 5.41) is 12.1. The minimum Gasteiger partial charge on any atom is -0.444 e. The lowest BCUT2D eigenvalue weighted by Crippen LogP contribution is -2.44. The van der Waals surface area contributed by atoms with E-state index >= 15 is 0 Å². The maximum atomic E-state index is 13.3. The molecule has 1 unspecified atom stereocenters. The Kier molecular flexibility index (Phi) is 5.66. The van der Waals surface area contributed by atoms with Crippen molar-refractivity contribution in [1.82, 2.24) is 4.90 Å². The van der Waals surface area contributed by atoms with Gasteiger partial charge in [-0.15, -0.1) is 0 Å². The summed E-state index contributed by atoms with van der Waals surface area (Å²) in [7, 11) is 0. The molecular formula is C18H24FN3O2. The van der Waals surface area contributed by atoms with Crippen LogP contribution >= 0.6 is 0 Å². The van der Waals surface area contributed by atoms with Crippen molar-refractivity contribution in [2.45, 2.75) is 39.2 Å². The van der Waals surface area contributed by atoms with Crippen LogP contribution in [0.1, 0.15) is 39.2 Å². The molecule has 0 spiro atoms. The summed E-state index contributed by atoms with van der Waals surface area (Å²) in [6.45, 7) is 7.57. The molecule has 1 atom stereocenters. The van der Waals surface area contributed by atoms with Gasteiger partial charge < -0.3 is 15.0 Å². The predicted octanol–water partition coefficient (Wildman–Crippen LogP) is 3.76. The Morgan fingerprint density at radius 3 is 2.92 bits per heavy atom. The third kappa shape index (κ3) is 5.12. The summed E-state index contributed by atoms with van der Waals surface area (Å²) < 4.78 is 18.8. The summed E-state index contributed by atoms with van der Waals surface area (Å²) in [4.78, 5) is 13.9. The number of halogens is 1. The number of anilines is 1. The Morgan fingerprint density at radius 1 is 1.50 bits per heavy atom. The third-order valence-corrected chi connectivity index (χ3v) is 3.85. The number of nitrogens with zero attached hydrogens (tertiary/aromatic N) is 2. The van der Waals surface area contributed by atoms with Crippen LogP contribution in [0.5, 0.6) is 0 Å². The highest BCUT2D eigenvalue weighted by Crippen LogP contribution is 2.21. The number of nitrogens with one attached hydrogen (secondary N) is 1. The van der Waals surface area contributed by atoms with Crippen LogP contribution < -0.4 is 5.32 Å². The number of hydrogen-bond acceptors (Lipinski definition) is 4. The number of carbonyl (C=O) groups is 1. The molecule has 0 aliphatic carbocycles. The Hall–Kier alpha value is -2.29. The number of rotatable bonds is 3. The molecule has 130 valence electrons. The fraction of sp³-hybridized carbons (Fsp3) is 0.556. The molecule has 1 aromatic rings. The van der Waals surface area contributed by atoms with Gasteiger partial charge in [0.2, 0.25) is 0 Å². The first-order chi connectivity index (χ1) is 11.3. The largest absolute Gasteiger partial charge is 0.444 e. The van der Waals surface area contributed by atoms with Crippen molar-refractivity contribution in [2.24, 2.45) is 5.92 Å². The number of ether oxygens (including phenoxy) is 1. The maximum Gasteiger partial charge on any atom is 0.410 e. The van der Waals surface area contributed by atoms with E-state index in [0.717, 1.165) is 12.8 Å². The molecule has 1 aromatic carbocycles. The van der Waals surface area contributed by atoms with E-state index < -0.39 is 11.4 Å². The number of nitriles is 1. The second kappa shape index (κ2) is 7.52. The van der Waals surface area contributed by atoms with Crippen molar-refractivity contribution < 1.29 is 13.9 Å². The van der Waals surface area contributed by atoms with Crippen LogP contribution in [0.4, 0.5) is 14.9 Å². The van der Waals surface area contributed by atoms with Crippen LogP contribution in [0.3, 0.4) is 0 Å². The molecule has 0 radical (unpaired) electrons. The highest BCUT2D eigenvalue weighted by Gasteiger charge is 2.27. The average molecular weight is 333 g/mol. The van der Waals surface area contributed by atoms with Gasteiger partial charge in [0.1, 0.15) is 17.5 Å². The molecule has 1 aliphatic rings. The van der Waals surface area contributed by atoms with E-state index in [0.29, 0.717) is 31.2 Å². The maximum absolute atomic E-state index is 13.3. The minimum atomic E-state index is -0.517. The van der Waals surface area contributed by atoms with Crippen LogP contribution in [-0.4, -0.2) is 36.2 Å².